The van der Waals surface area contributed by atoms with E-state index in [1.165, 1.54) is 22.9 Å². The van der Waals surface area contributed by atoms with Gasteiger partial charge < -0.3 is 14.6 Å². The molecular formula is C28H33N3O3S. The van der Waals surface area contributed by atoms with E-state index < -0.39 is 10.7 Å². The van der Waals surface area contributed by atoms with Crippen molar-refractivity contribution in [3.05, 3.63) is 71.5 Å². The quantitative estimate of drug-likeness (QED) is 0.298. The highest BCUT2D eigenvalue weighted by Gasteiger charge is 2.29. The number of unbranched alkanes of at least 4 members (excludes halogenated alkanes) is 2. The number of carbonyl (C=O) groups is 2. The zero-order chi connectivity index (χ0) is 25.0. The maximum Gasteiger partial charge on any atom is 0.319 e. The number of carboxylic acid groups (broad SMARTS) is 1. The van der Waals surface area contributed by atoms with Crippen LogP contribution in [0.3, 0.4) is 0 Å². The monoisotopic (exact) mass is 491 g/mol. The van der Waals surface area contributed by atoms with Crippen LogP contribution in [0.2, 0.25) is 0 Å². The van der Waals surface area contributed by atoms with Gasteiger partial charge in [-0.15, -0.1) is 11.8 Å². The molecule has 0 radical (unpaired) electrons. The topological polar surface area (TPSA) is 75.4 Å². The van der Waals surface area contributed by atoms with E-state index in [-0.39, 0.29) is 5.91 Å². The number of rotatable bonds is 9. The number of hydrogen-bond donors (Lipinski definition) is 1. The minimum Gasteiger partial charge on any atom is -0.480 e. The summed E-state index contributed by atoms with van der Waals surface area (Å²) in [5.41, 5.74) is 3.90. The largest absolute Gasteiger partial charge is 0.480 e. The Bertz CT molecular complexity index is 1200. The predicted molar refractivity (Wildman–Crippen MR) is 140 cm³/mol. The molecule has 35 heavy (non-hydrogen) atoms. The van der Waals surface area contributed by atoms with Crippen LogP contribution in [0, 0.1) is 0 Å². The number of imidazole rings is 1. The number of thioether (sulfide) groups is 1. The molecular weight excluding hydrogens is 458 g/mol. The van der Waals surface area contributed by atoms with Crippen LogP contribution in [0.5, 0.6) is 0 Å². The summed E-state index contributed by atoms with van der Waals surface area (Å²) in [5, 5.41) is 9.42. The van der Waals surface area contributed by atoms with Gasteiger partial charge in [0.1, 0.15) is 16.3 Å². The lowest BCUT2D eigenvalue weighted by Gasteiger charge is -2.28. The molecule has 7 heteroatoms. The highest BCUT2D eigenvalue weighted by atomic mass is 32.2. The fourth-order valence-corrected chi connectivity index (χ4v) is 5.24. The Morgan fingerprint density at radius 3 is 2.46 bits per heavy atom. The van der Waals surface area contributed by atoms with Crippen LogP contribution in [-0.4, -0.2) is 42.7 Å². The van der Waals surface area contributed by atoms with Crippen molar-refractivity contribution in [2.24, 2.45) is 0 Å². The van der Waals surface area contributed by atoms with E-state index in [0.717, 1.165) is 48.5 Å². The van der Waals surface area contributed by atoms with Crippen LogP contribution >= 0.6 is 11.8 Å². The number of aliphatic carboxylic acids is 1. The molecule has 3 aromatic rings. The van der Waals surface area contributed by atoms with Crippen molar-refractivity contribution in [1.82, 2.24) is 14.5 Å². The molecule has 1 aromatic heterocycles. The second kappa shape index (κ2) is 10.7. The Balaban J connectivity index is 1.58. The molecule has 1 aliphatic heterocycles. The van der Waals surface area contributed by atoms with Gasteiger partial charge in [-0.3, -0.25) is 9.59 Å². The van der Waals surface area contributed by atoms with Crippen molar-refractivity contribution in [2.45, 2.75) is 69.2 Å². The summed E-state index contributed by atoms with van der Waals surface area (Å²) in [6, 6.07) is 16.1. The highest BCUT2D eigenvalue weighted by molar-refractivity contribution is 8.01. The van der Waals surface area contributed by atoms with E-state index >= 15 is 0 Å². The first-order valence-electron chi connectivity index (χ1n) is 12.2. The molecule has 184 valence electrons. The second-order valence-corrected chi connectivity index (χ2v) is 11.2. The molecule has 0 spiro atoms. The summed E-state index contributed by atoms with van der Waals surface area (Å²) < 4.78 is 1.18. The van der Waals surface area contributed by atoms with Crippen molar-refractivity contribution in [3.63, 3.8) is 0 Å². The van der Waals surface area contributed by atoms with Crippen molar-refractivity contribution >= 4 is 23.6 Å². The normalized spacial score (nSPS) is 13.5. The number of amides is 1. The molecule has 1 N–H and O–H groups in total. The number of benzene rings is 2. The molecule has 0 saturated carbocycles. The van der Waals surface area contributed by atoms with Crippen LogP contribution in [-0.2, 0) is 24.3 Å². The molecule has 0 unspecified atom stereocenters. The van der Waals surface area contributed by atoms with E-state index in [2.05, 4.69) is 23.6 Å². The average Bonchev–Trinajstić information content (AvgIpc) is 3.27. The summed E-state index contributed by atoms with van der Waals surface area (Å²) in [5.74, 6) is -0.109. The molecule has 4 rings (SSSR count). The van der Waals surface area contributed by atoms with E-state index in [1.807, 2.05) is 47.5 Å². The zero-order valence-electron chi connectivity index (χ0n) is 20.7. The zero-order valence-corrected chi connectivity index (χ0v) is 21.5. The summed E-state index contributed by atoms with van der Waals surface area (Å²) in [7, 11) is 0. The highest BCUT2D eigenvalue weighted by Crippen LogP contribution is 2.34. The molecule has 0 bridgehead atoms. The molecule has 2 heterocycles. The van der Waals surface area contributed by atoms with Crippen molar-refractivity contribution in [2.75, 3.05) is 6.54 Å². The molecule has 1 aliphatic rings. The number of aromatic nitrogens is 2. The summed E-state index contributed by atoms with van der Waals surface area (Å²) >= 11 is 1.31. The first-order chi connectivity index (χ1) is 16.8. The third-order valence-electron chi connectivity index (χ3n) is 6.42. The molecule has 0 aliphatic carbocycles. The lowest BCUT2D eigenvalue weighted by Crippen LogP contribution is -2.36. The van der Waals surface area contributed by atoms with Gasteiger partial charge in [-0.25, -0.2) is 4.98 Å². The molecule has 0 saturated heterocycles. The number of hydrogen-bond acceptors (Lipinski definition) is 4. The van der Waals surface area contributed by atoms with Crippen LogP contribution in [0.1, 0.15) is 61.6 Å². The third kappa shape index (κ3) is 5.78. The first-order valence-corrected chi connectivity index (χ1v) is 13.1. The summed E-state index contributed by atoms with van der Waals surface area (Å²) in [4.78, 5) is 32.4. The lowest BCUT2D eigenvalue weighted by atomic mass is 10.00. The Morgan fingerprint density at radius 2 is 1.77 bits per heavy atom. The van der Waals surface area contributed by atoms with Gasteiger partial charge >= 0.3 is 5.97 Å². The Morgan fingerprint density at radius 1 is 1.06 bits per heavy atom. The van der Waals surface area contributed by atoms with Gasteiger partial charge in [-0.1, -0.05) is 56.2 Å². The Labute approximate surface area is 211 Å². The maximum atomic E-state index is 13.4. The number of carboxylic acids is 1. The number of carbonyl (C=O) groups excluding carboxylic acids is 1. The van der Waals surface area contributed by atoms with Crippen molar-refractivity contribution in [3.8, 4) is 11.4 Å². The van der Waals surface area contributed by atoms with Gasteiger partial charge in [-0.2, -0.15) is 0 Å². The standard InChI is InChI=1S/C28H33N3O3S/c1-4-5-8-16-30-19-24(26(32)31-17-15-20-9-6-7-10-22(20)18-31)29-25(30)21-11-13-23(14-12-21)35-28(2,3)27(33)34/h6-7,9-14,19H,4-5,8,15-18H2,1-3H3,(H,33,34). The molecule has 1 amide bonds. The molecule has 6 nitrogen and oxygen atoms in total. The van der Waals surface area contributed by atoms with Crippen LogP contribution in [0.15, 0.2) is 59.6 Å². The van der Waals surface area contributed by atoms with Crippen molar-refractivity contribution < 1.29 is 14.7 Å². The SMILES string of the molecule is CCCCCn1cc(C(=O)N2CCc3ccccc3C2)nc1-c1ccc(SC(C)(C)C(=O)O)cc1. The molecule has 2 aromatic carbocycles. The van der Waals surface area contributed by atoms with E-state index in [9.17, 15) is 14.7 Å². The number of aryl methyl sites for hydroxylation is 1. The smallest absolute Gasteiger partial charge is 0.319 e. The number of nitrogens with zero attached hydrogens (tertiary/aromatic N) is 3. The Hall–Kier alpha value is -3.06. The average molecular weight is 492 g/mol. The second-order valence-electron chi connectivity index (χ2n) is 9.54. The number of fused-ring (bicyclic) bond motifs is 1. The maximum absolute atomic E-state index is 13.4. The minimum atomic E-state index is -0.910. The fourth-order valence-electron chi connectivity index (χ4n) is 4.29. The van der Waals surface area contributed by atoms with Gasteiger partial charge in [0.2, 0.25) is 0 Å². The Kier molecular flexibility index (Phi) is 7.65. The van der Waals surface area contributed by atoms with Gasteiger partial charge in [-0.05, 0) is 49.9 Å². The van der Waals surface area contributed by atoms with Crippen molar-refractivity contribution in [1.29, 1.82) is 0 Å². The third-order valence-corrected chi connectivity index (χ3v) is 7.61. The van der Waals surface area contributed by atoms with E-state index in [4.69, 9.17) is 4.98 Å². The molecule has 0 fully saturated rings. The first kappa shape index (κ1) is 25.0. The van der Waals surface area contributed by atoms with Crippen LogP contribution in [0.25, 0.3) is 11.4 Å². The van der Waals surface area contributed by atoms with Gasteiger partial charge in [0.05, 0.1) is 0 Å². The minimum absolute atomic E-state index is 0.0367. The lowest BCUT2D eigenvalue weighted by molar-refractivity contribution is -0.138. The van der Waals surface area contributed by atoms with Crippen LogP contribution in [0.4, 0.5) is 0 Å². The predicted octanol–water partition coefficient (Wildman–Crippen LogP) is 5.89. The van der Waals surface area contributed by atoms with Gasteiger partial charge in [0, 0.05) is 36.3 Å². The summed E-state index contributed by atoms with van der Waals surface area (Å²) in [6.45, 7) is 7.68. The van der Waals surface area contributed by atoms with Crippen LogP contribution < -0.4 is 0 Å². The van der Waals surface area contributed by atoms with Gasteiger partial charge in [0.25, 0.3) is 5.91 Å². The fraction of sp³-hybridized carbons (Fsp3) is 0.393. The van der Waals surface area contributed by atoms with Gasteiger partial charge in [0.15, 0.2) is 0 Å². The van der Waals surface area contributed by atoms with E-state index in [0.29, 0.717) is 18.8 Å². The van der Waals surface area contributed by atoms with E-state index in [1.54, 1.807) is 13.8 Å². The molecule has 0 atom stereocenters. The summed E-state index contributed by atoms with van der Waals surface area (Å²) in [6.07, 6.45) is 6.01.